The maximum Gasteiger partial charge on any atom is 0.293 e. The molecule has 0 aliphatic carbocycles. The molecule has 0 amide bonds. The smallest absolute Gasteiger partial charge is 0.293 e. The molecular formula is C20H25N4OY-. The Bertz CT molecular complexity index is 752. The molecule has 1 aliphatic heterocycles. The molecule has 26 heavy (non-hydrogen) atoms. The number of anilines is 1. The van der Waals surface area contributed by atoms with Crippen molar-refractivity contribution in [3.05, 3.63) is 64.7 Å². The first-order chi connectivity index (χ1) is 12.3. The third-order valence-corrected chi connectivity index (χ3v) is 4.60. The Morgan fingerprint density at radius 3 is 2.73 bits per heavy atom. The van der Waals surface area contributed by atoms with E-state index in [0.29, 0.717) is 18.4 Å². The first kappa shape index (κ1) is 21.0. The van der Waals surface area contributed by atoms with Crippen LogP contribution in [0.5, 0.6) is 0 Å². The quantitative estimate of drug-likeness (QED) is 0.722. The van der Waals surface area contributed by atoms with Gasteiger partial charge in [-0.15, -0.1) is 5.56 Å². The predicted octanol–water partition coefficient (Wildman–Crippen LogP) is 2.65. The average molecular weight is 426 g/mol. The van der Waals surface area contributed by atoms with Gasteiger partial charge in [0.2, 0.25) is 0 Å². The molecule has 0 spiro atoms. The van der Waals surface area contributed by atoms with Crippen molar-refractivity contribution in [3.63, 3.8) is 0 Å². The maximum absolute atomic E-state index is 12.2. The van der Waals surface area contributed by atoms with Crippen molar-refractivity contribution in [1.29, 1.82) is 0 Å². The summed E-state index contributed by atoms with van der Waals surface area (Å²) in [5.74, 6) is 0.476. The van der Waals surface area contributed by atoms with Crippen molar-refractivity contribution in [2.24, 2.45) is 0 Å². The van der Waals surface area contributed by atoms with Gasteiger partial charge in [0.1, 0.15) is 0 Å². The number of hydrogen-bond acceptors (Lipinski definition) is 4. The Morgan fingerprint density at radius 1 is 1.31 bits per heavy atom. The summed E-state index contributed by atoms with van der Waals surface area (Å²) in [6.45, 7) is 5.64. The normalized spacial score (nSPS) is 15.7. The molecule has 1 aromatic heterocycles. The van der Waals surface area contributed by atoms with E-state index in [9.17, 15) is 4.79 Å². The van der Waals surface area contributed by atoms with Crippen molar-refractivity contribution >= 4 is 11.9 Å². The van der Waals surface area contributed by atoms with E-state index in [1.54, 1.807) is 17.0 Å². The van der Waals surface area contributed by atoms with E-state index in [1.165, 1.54) is 5.56 Å². The van der Waals surface area contributed by atoms with E-state index >= 15 is 0 Å². The van der Waals surface area contributed by atoms with E-state index in [0.717, 1.165) is 32.5 Å². The van der Waals surface area contributed by atoms with Crippen LogP contribution in [0, 0.1) is 6.07 Å². The molecule has 2 heterocycles. The van der Waals surface area contributed by atoms with Crippen LogP contribution in [0.4, 0.5) is 5.82 Å². The van der Waals surface area contributed by atoms with Gasteiger partial charge in [0.15, 0.2) is 5.82 Å². The topological polar surface area (TPSA) is 50.2 Å². The number of likely N-dealkylation sites (tertiary alicyclic amines) is 1. The zero-order chi connectivity index (χ0) is 17.5. The van der Waals surface area contributed by atoms with E-state index < -0.39 is 0 Å². The molecule has 0 atom stereocenters. The van der Waals surface area contributed by atoms with Gasteiger partial charge in [-0.1, -0.05) is 12.2 Å². The van der Waals surface area contributed by atoms with Gasteiger partial charge in [-0.05, 0) is 19.8 Å². The van der Waals surface area contributed by atoms with E-state index in [4.69, 9.17) is 0 Å². The van der Waals surface area contributed by atoms with Gasteiger partial charge in [0.05, 0.1) is 0 Å². The van der Waals surface area contributed by atoms with Gasteiger partial charge in [-0.3, -0.25) is 9.69 Å². The molecule has 5 nitrogen and oxygen atoms in total. The molecule has 0 bridgehead atoms. The molecule has 1 fully saturated rings. The summed E-state index contributed by atoms with van der Waals surface area (Å²) in [7, 11) is 0. The van der Waals surface area contributed by atoms with Crippen LogP contribution in [0.2, 0.25) is 0 Å². The number of aryl methyl sites for hydroxylation is 1. The van der Waals surface area contributed by atoms with Crippen LogP contribution < -0.4 is 10.9 Å². The minimum atomic E-state index is -0.0320. The molecule has 1 N–H and O–H groups in total. The summed E-state index contributed by atoms with van der Waals surface area (Å²) < 4.78 is 1.68. The molecule has 3 rings (SSSR count). The van der Waals surface area contributed by atoms with Crippen molar-refractivity contribution < 1.29 is 32.7 Å². The monoisotopic (exact) mass is 426 g/mol. The minimum Gasteiger partial charge on any atom is -0.363 e. The zero-order valence-electron chi connectivity index (χ0n) is 15.3. The number of aromatic nitrogens is 2. The van der Waals surface area contributed by atoms with E-state index in [-0.39, 0.29) is 38.3 Å². The minimum absolute atomic E-state index is 0. The molecular weight excluding hydrogens is 401 g/mol. The SMILES string of the molecule is CCn1ccnc(NC2CCN(C/C=C/c3cc[c-]cc3)CC2)c1=O.[Y]. The van der Waals surface area contributed by atoms with Gasteiger partial charge in [-0.2, -0.15) is 30.3 Å². The zero-order valence-corrected chi connectivity index (χ0v) is 18.1. The largest absolute Gasteiger partial charge is 0.363 e. The number of benzene rings is 1. The van der Waals surface area contributed by atoms with Gasteiger partial charge < -0.3 is 9.88 Å². The molecule has 0 unspecified atom stereocenters. The number of hydrogen-bond donors (Lipinski definition) is 1. The number of piperidine rings is 1. The second kappa shape index (κ2) is 10.8. The summed E-state index contributed by atoms with van der Waals surface area (Å²) in [6.07, 6.45) is 9.83. The Labute approximate surface area is 180 Å². The summed E-state index contributed by atoms with van der Waals surface area (Å²) >= 11 is 0. The predicted molar refractivity (Wildman–Crippen MR) is 102 cm³/mol. The molecule has 1 radical (unpaired) electrons. The van der Waals surface area contributed by atoms with Crippen LogP contribution >= 0.6 is 0 Å². The number of rotatable bonds is 6. The standard InChI is InChI=1S/C20H25N4O.Y/c1-2-24-16-12-21-19(20(24)25)22-18-10-14-23(15-11-18)13-6-9-17-7-4-3-5-8-17;/h4-9,12,16,18H,2,10-11,13-15H2,1H3,(H,21,22);/q-1;/b9-6+;. The average Bonchev–Trinajstić information content (AvgIpc) is 2.66. The Balaban J connectivity index is 0.00000243. The summed E-state index contributed by atoms with van der Waals surface area (Å²) in [4.78, 5) is 18.9. The molecule has 0 saturated carbocycles. The van der Waals surface area contributed by atoms with Crippen LogP contribution in [0.3, 0.4) is 0 Å². The second-order valence-electron chi connectivity index (χ2n) is 6.32. The van der Waals surface area contributed by atoms with Gasteiger partial charge in [-0.25, -0.2) is 4.98 Å². The fourth-order valence-corrected chi connectivity index (χ4v) is 3.10. The van der Waals surface area contributed by atoms with Crippen LogP contribution in [0.25, 0.3) is 6.08 Å². The first-order valence-corrected chi connectivity index (χ1v) is 8.93. The fraction of sp³-hybridized carbons (Fsp3) is 0.400. The van der Waals surface area contributed by atoms with Gasteiger partial charge in [0, 0.05) is 77.3 Å². The Hall–Kier alpha value is -1.30. The van der Waals surface area contributed by atoms with Crippen LogP contribution in [-0.2, 0) is 39.3 Å². The Kier molecular flexibility index (Phi) is 8.69. The van der Waals surface area contributed by atoms with Gasteiger partial charge in [0.25, 0.3) is 5.56 Å². The summed E-state index contributed by atoms with van der Waals surface area (Å²) in [6, 6.07) is 11.3. The van der Waals surface area contributed by atoms with E-state index in [2.05, 4.69) is 45.6 Å². The third kappa shape index (κ3) is 5.86. The van der Waals surface area contributed by atoms with Gasteiger partial charge >= 0.3 is 0 Å². The molecule has 2 aromatic rings. The molecule has 1 aromatic carbocycles. The molecule has 6 heteroatoms. The summed E-state index contributed by atoms with van der Waals surface area (Å²) in [5.41, 5.74) is 1.17. The van der Waals surface area contributed by atoms with E-state index in [1.807, 2.05) is 19.1 Å². The maximum atomic E-state index is 12.2. The van der Waals surface area contributed by atoms with Crippen molar-refractivity contribution in [2.75, 3.05) is 25.0 Å². The fourth-order valence-electron chi connectivity index (χ4n) is 3.10. The van der Waals surface area contributed by atoms with Crippen LogP contribution in [0.1, 0.15) is 25.3 Å². The first-order valence-electron chi connectivity index (χ1n) is 8.93. The second-order valence-corrected chi connectivity index (χ2v) is 6.32. The summed E-state index contributed by atoms with van der Waals surface area (Å²) in [5, 5.41) is 3.33. The van der Waals surface area contributed by atoms with Crippen LogP contribution in [-0.4, -0.2) is 40.1 Å². The third-order valence-electron chi connectivity index (χ3n) is 4.60. The Morgan fingerprint density at radius 2 is 2.04 bits per heavy atom. The van der Waals surface area contributed by atoms with Crippen molar-refractivity contribution in [2.45, 2.75) is 32.4 Å². The number of nitrogens with zero attached hydrogens (tertiary/aromatic N) is 3. The molecule has 1 aliphatic rings. The van der Waals surface area contributed by atoms with Crippen molar-refractivity contribution in [3.8, 4) is 0 Å². The van der Waals surface area contributed by atoms with Crippen molar-refractivity contribution in [1.82, 2.24) is 14.5 Å². The molecule has 135 valence electrons. The number of nitrogens with one attached hydrogen (secondary N) is 1. The molecule has 1 saturated heterocycles. The van der Waals surface area contributed by atoms with Crippen LogP contribution in [0.15, 0.2) is 47.5 Å².